The third-order valence-electron chi connectivity index (χ3n) is 7.54. The number of aromatic nitrogens is 3. The summed E-state index contributed by atoms with van der Waals surface area (Å²) >= 11 is 4.80. The third-order valence-corrected chi connectivity index (χ3v) is 9.31. The molecule has 9 nitrogen and oxygen atoms in total. The van der Waals surface area contributed by atoms with Crippen molar-refractivity contribution in [2.75, 3.05) is 18.1 Å². The van der Waals surface area contributed by atoms with Crippen LogP contribution in [-0.4, -0.2) is 53.3 Å². The van der Waals surface area contributed by atoms with Gasteiger partial charge >= 0.3 is 6.18 Å². The molecule has 1 aliphatic heterocycles. The molecule has 2 aliphatic rings. The molecule has 0 bridgehead atoms. The zero-order valence-electron chi connectivity index (χ0n) is 22.4. The SMILES string of the molecule is C[C@@H]1CN(c2nc(-n3ccc(OCCC4(C(F)(F)F)CC4)n3)ccc2C(=O)NS(=O)(=O)c2ccccc2)C(C)(S)C1. The van der Waals surface area contributed by atoms with Crippen LogP contribution in [0, 0.1) is 11.3 Å². The van der Waals surface area contributed by atoms with Gasteiger partial charge in [0.05, 0.1) is 27.4 Å². The smallest absolute Gasteiger partial charge is 0.394 e. The standard InChI is InChI=1S/C27H30F3N5O4S2/c1-18-16-25(2,40)34(17-18)23-20(24(36)33-41(37,38)19-6-4-3-5-7-19)8-9-21(31-23)35-14-10-22(32-35)39-15-13-26(11-12-26)27(28,29)30/h3-10,14,18,40H,11-13,15-17H2,1-2H3,(H,33,36)/t18-,25?/m0/s1. The summed E-state index contributed by atoms with van der Waals surface area (Å²) in [5.74, 6) is 0.0349. The minimum Gasteiger partial charge on any atom is -0.477 e. The molecule has 1 N–H and O–H groups in total. The Morgan fingerprint density at radius 1 is 1.17 bits per heavy atom. The largest absolute Gasteiger partial charge is 0.477 e. The fourth-order valence-corrected chi connectivity index (χ4v) is 6.61. The van der Waals surface area contributed by atoms with E-state index in [4.69, 9.17) is 17.4 Å². The van der Waals surface area contributed by atoms with E-state index in [1.807, 2.05) is 18.7 Å². The monoisotopic (exact) mass is 609 g/mol. The van der Waals surface area contributed by atoms with Crippen LogP contribution in [0.1, 0.15) is 49.9 Å². The number of ether oxygens (including phenoxy) is 1. The first-order valence-corrected chi connectivity index (χ1v) is 15.0. The number of sulfonamides is 1. The number of hydrogen-bond donors (Lipinski definition) is 2. The summed E-state index contributed by atoms with van der Waals surface area (Å²) in [5.41, 5.74) is -1.63. The van der Waals surface area contributed by atoms with Gasteiger partial charge in [0, 0.05) is 18.8 Å². The fourth-order valence-electron chi connectivity index (χ4n) is 5.13. The Hall–Kier alpha value is -3.26. The van der Waals surface area contributed by atoms with Crippen LogP contribution >= 0.6 is 12.6 Å². The molecule has 220 valence electrons. The first-order chi connectivity index (χ1) is 19.2. The predicted octanol–water partition coefficient (Wildman–Crippen LogP) is 4.99. The molecule has 41 heavy (non-hydrogen) atoms. The maximum Gasteiger partial charge on any atom is 0.394 e. The van der Waals surface area contributed by atoms with E-state index in [1.165, 1.54) is 35.0 Å². The maximum absolute atomic E-state index is 13.3. The van der Waals surface area contributed by atoms with Gasteiger partial charge in [-0.15, -0.1) is 5.10 Å². The number of rotatable bonds is 9. The molecule has 2 atom stereocenters. The summed E-state index contributed by atoms with van der Waals surface area (Å²) < 4.78 is 74.3. The molecule has 1 aromatic carbocycles. The van der Waals surface area contributed by atoms with Crippen LogP contribution in [0.2, 0.25) is 0 Å². The molecule has 1 aliphatic carbocycles. The number of halogens is 3. The summed E-state index contributed by atoms with van der Waals surface area (Å²) in [6.07, 6.45) is -1.94. The van der Waals surface area contributed by atoms with Crippen molar-refractivity contribution >= 4 is 34.4 Å². The number of hydrogen-bond acceptors (Lipinski definition) is 8. The lowest BCUT2D eigenvalue weighted by atomic mass is 10.0. The molecule has 5 rings (SSSR count). The topological polar surface area (TPSA) is 106 Å². The summed E-state index contributed by atoms with van der Waals surface area (Å²) in [4.78, 5) is 19.1. The molecular formula is C27H30F3N5O4S2. The Morgan fingerprint density at radius 3 is 2.49 bits per heavy atom. The van der Waals surface area contributed by atoms with Crippen molar-refractivity contribution in [2.45, 2.75) is 55.5 Å². The van der Waals surface area contributed by atoms with Crippen LogP contribution in [0.4, 0.5) is 19.0 Å². The molecular weight excluding hydrogens is 579 g/mol. The van der Waals surface area contributed by atoms with Gasteiger partial charge in [-0.05, 0) is 62.8 Å². The fraction of sp³-hybridized carbons (Fsp3) is 0.444. The summed E-state index contributed by atoms with van der Waals surface area (Å²) in [7, 11) is -4.14. The number of anilines is 1. The van der Waals surface area contributed by atoms with Crippen LogP contribution < -0.4 is 14.4 Å². The van der Waals surface area contributed by atoms with Crippen LogP contribution in [0.15, 0.2) is 59.6 Å². The molecule has 1 saturated heterocycles. The van der Waals surface area contributed by atoms with Gasteiger partial charge in [0.15, 0.2) is 5.82 Å². The van der Waals surface area contributed by atoms with E-state index in [2.05, 4.69) is 14.8 Å². The second-order valence-electron chi connectivity index (χ2n) is 10.9. The molecule has 2 fully saturated rings. The van der Waals surface area contributed by atoms with Crippen molar-refractivity contribution in [1.82, 2.24) is 19.5 Å². The van der Waals surface area contributed by atoms with E-state index in [9.17, 15) is 26.4 Å². The molecule has 1 unspecified atom stereocenters. The van der Waals surface area contributed by atoms with E-state index in [0.29, 0.717) is 18.8 Å². The van der Waals surface area contributed by atoms with E-state index < -0.39 is 32.4 Å². The van der Waals surface area contributed by atoms with Crippen molar-refractivity contribution in [2.24, 2.45) is 11.3 Å². The lowest BCUT2D eigenvalue weighted by Crippen LogP contribution is -2.39. The molecule has 1 saturated carbocycles. The Morgan fingerprint density at radius 2 is 1.88 bits per heavy atom. The third kappa shape index (κ3) is 6.03. The average molecular weight is 610 g/mol. The molecule has 14 heteroatoms. The zero-order valence-corrected chi connectivity index (χ0v) is 24.1. The van der Waals surface area contributed by atoms with Gasteiger partial charge in [-0.2, -0.15) is 25.8 Å². The highest BCUT2D eigenvalue weighted by Crippen LogP contribution is 2.59. The van der Waals surface area contributed by atoms with E-state index >= 15 is 0 Å². The van der Waals surface area contributed by atoms with Crippen LogP contribution in [-0.2, 0) is 10.0 Å². The van der Waals surface area contributed by atoms with Gasteiger partial charge in [0.1, 0.15) is 5.82 Å². The van der Waals surface area contributed by atoms with Gasteiger partial charge in [-0.25, -0.2) is 22.8 Å². The second-order valence-corrected chi connectivity index (χ2v) is 13.5. The van der Waals surface area contributed by atoms with E-state index in [-0.39, 0.29) is 53.9 Å². The second kappa shape index (κ2) is 10.5. The summed E-state index contributed by atoms with van der Waals surface area (Å²) in [6, 6.07) is 12.0. The van der Waals surface area contributed by atoms with Crippen molar-refractivity contribution in [3.63, 3.8) is 0 Å². The minimum atomic E-state index is -4.25. The molecule has 1 amide bonds. The Labute approximate surface area is 241 Å². The number of thiol groups is 1. The van der Waals surface area contributed by atoms with Crippen molar-refractivity contribution in [3.05, 3.63) is 60.3 Å². The number of alkyl halides is 3. The van der Waals surface area contributed by atoms with Crippen molar-refractivity contribution in [3.8, 4) is 11.7 Å². The lowest BCUT2D eigenvalue weighted by molar-refractivity contribution is -0.190. The molecule has 0 spiro atoms. The van der Waals surface area contributed by atoms with Crippen molar-refractivity contribution in [1.29, 1.82) is 0 Å². The number of nitrogens with one attached hydrogen (secondary N) is 1. The van der Waals surface area contributed by atoms with E-state index in [0.717, 1.165) is 0 Å². The maximum atomic E-state index is 13.3. The predicted molar refractivity (Wildman–Crippen MR) is 149 cm³/mol. The number of carbonyl (C=O) groups is 1. The quantitative estimate of drug-likeness (QED) is 0.330. The highest BCUT2D eigenvalue weighted by atomic mass is 32.2. The zero-order chi connectivity index (χ0) is 29.6. The lowest BCUT2D eigenvalue weighted by Gasteiger charge is -2.33. The first-order valence-electron chi connectivity index (χ1n) is 13.1. The number of nitrogens with zero attached hydrogens (tertiary/aromatic N) is 4. The summed E-state index contributed by atoms with van der Waals surface area (Å²) in [5, 5.41) is 4.29. The number of amides is 1. The summed E-state index contributed by atoms with van der Waals surface area (Å²) in [6.45, 7) is 4.33. The molecule has 2 aromatic heterocycles. The Balaban J connectivity index is 1.40. The normalized spacial score (nSPS) is 22.0. The van der Waals surface area contributed by atoms with Gasteiger partial charge in [0.2, 0.25) is 5.88 Å². The molecule has 0 radical (unpaired) electrons. The first kappa shape index (κ1) is 29.2. The van der Waals surface area contributed by atoms with Gasteiger partial charge in [-0.3, -0.25) is 4.79 Å². The van der Waals surface area contributed by atoms with E-state index in [1.54, 1.807) is 24.4 Å². The minimum absolute atomic E-state index is 0.0353. The van der Waals surface area contributed by atoms with Gasteiger partial charge in [-0.1, -0.05) is 25.1 Å². The molecule has 3 aromatic rings. The number of pyridine rings is 1. The van der Waals surface area contributed by atoms with Gasteiger partial charge < -0.3 is 9.64 Å². The van der Waals surface area contributed by atoms with Crippen molar-refractivity contribution < 1.29 is 31.1 Å². The Kier molecular flexibility index (Phi) is 7.51. The van der Waals surface area contributed by atoms with Crippen LogP contribution in [0.3, 0.4) is 0 Å². The Bertz CT molecular complexity index is 1540. The highest BCUT2D eigenvalue weighted by molar-refractivity contribution is 7.90. The van der Waals surface area contributed by atoms with Crippen LogP contribution in [0.25, 0.3) is 5.82 Å². The number of carbonyl (C=O) groups excluding carboxylic acids is 1. The average Bonchev–Trinajstić information content (AvgIpc) is 3.47. The highest BCUT2D eigenvalue weighted by Gasteiger charge is 2.62. The van der Waals surface area contributed by atoms with Crippen LogP contribution in [0.5, 0.6) is 5.88 Å². The molecule has 3 heterocycles. The number of benzene rings is 1. The van der Waals surface area contributed by atoms with Gasteiger partial charge in [0.25, 0.3) is 15.9 Å².